The first-order valence-electron chi connectivity index (χ1n) is 10.5. The molecule has 0 bridgehead atoms. The predicted octanol–water partition coefficient (Wildman–Crippen LogP) is 4.46. The highest BCUT2D eigenvalue weighted by atomic mass is 16.7. The average molecular weight is 398 g/mol. The zero-order valence-electron chi connectivity index (χ0n) is 17.9. The number of hydrogen-bond donors (Lipinski definition) is 0. The number of rotatable bonds is 5. The lowest BCUT2D eigenvalue weighted by Crippen LogP contribution is -2.33. The van der Waals surface area contributed by atoms with Crippen molar-refractivity contribution in [2.75, 3.05) is 27.5 Å². The van der Waals surface area contributed by atoms with E-state index in [0.29, 0.717) is 29.8 Å². The molecule has 0 fully saturated rings. The molecule has 0 spiro atoms. The smallest absolute Gasteiger partial charge is 0.231 e. The summed E-state index contributed by atoms with van der Waals surface area (Å²) in [4.78, 5) is 15.1. The van der Waals surface area contributed by atoms with Gasteiger partial charge in [0.2, 0.25) is 12.5 Å². The highest BCUT2D eigenvalue weighted by Gasteiger charge is 2.34. The lowest BCUT2D eigenvalue weighted by atomic mass is 9.81. The number of hydrogen-bond acceptors (Lipinski definition) is 5. The fourth-order valence-electron chi connectivity index (χ4n) is 4.85. The van der Waals surface area contributed by atoms with Gasteiger partial charge >= 0.3 is 0 Å². The molecule has 5 nitrogen and oxygen atoms in total. The first-order valence-corrected chi connectivity index (χ1v) is 10.5. The van der Waals surface area contributed by atoms with Gasteiger partial charge in [0, 0.05) is 24.6 Å². The largest absolute Gasteiger partial charge is 0.492 e. The van der Waals surface area contributed by atoms with Crippen LogP contribution in [0.1, 0.15) is 50.3 Å². The van der Waals surface area contributed by atoms with Crippen molar-refractivity contribution in [2.24, 2.45) is 11.8 Å². The molecule has 0 aromatic heterocycles. The maximum Gasteiger partial charge on any atom is 0.231 e. The van der Waals surface area contributed by atoms with Gasteiger partial charge in [0.05, 0.1) is 7.11 Å². The Labute approximate surface area is 173 Å². The summed E-state index contributed by atoms with van der Waals surface area (Å²) >= 11 is 0. The molecule has 0 radical (unpaired) electrons. The molecule has 156 valence electrons. The van der Waals surface area contributed by atoms with Crippen molar-refractivity contribution >= 4 is 5.78 Å². The summed E-state index contributed by atoms with van der Waals surface area (Å²) < 4.78 is 17.0. The zero-order chi connectivity index (χ0) is 20.5. The molecule has 4 rings (SSSR count). The van der Waals surface area contributed by atoms with Crippen LogP contribution in [0.5, 0.6) is 17.2 Å². The molecule has 0 unspecified atom stereocenters. The molecule has 1 aromatic rings. The number of ketones is 1. The first-order chi connectivity index (χ1) is 14.0. The fourth-order valence-corrected chi connectivity index (χ4v) is 4.85. The van der Waals surface area contributed by atoms with Crippen LogP contribution >= 0.6 is 0 Å². The van der Waals surface area contributed by atoms with Crippen LogP contribution < -0.4 is 14.2 Å². The van der Waals surface area contributed by atoms with Gasteiger partial charge in [-0.3, -0.25) is 9.69 Å². The van der Waals surface area contributed by atoms with E-state index in [2.05, 4.69) is 44.0 Å². The van der Waals surface area contributed by atoms with Gasteiger partial charge in [-0.25, -0.2) is 0 Å². The first kappa shape index (κ1) is 20.0. The van der Waals surface area contributed by atoms with Crippen molar-refractivity contribution in [3.8, 4) is 17.2 Å². The minimum atomic E-state index is -0.0220. The van der Waals surface area contributed by atoms with Gasteiger partial charge in [0.15, 0.2) is 17.3 Å². The van der Waals surface area contributed by atoms with Gasteiger partial charge in [-0.2, -0.15) is 0 Å². The van der Waals surface area contributed by atoms with Crippen molar-refractivity contribution in [1.82, 2.24) is 4.90 Å². The standard InChI is InChI=1S/C24H31NO4/c1-15-5-6-17(16(2)11-15)7-8-19(26)13-20-22-18(9-10-25(20)3)12-21-23(24(22)27-4)29-14-28-21/h5,7-8,12,16-17,20H,6,9-11,13-14H2,1-4H3/b8-7+/t16-,17+,20-/m0/s1. The molecule has 0 saturated heterocycles. The molecular weight excluding hydrogens is 366 g/mol. The van der Waals surface area contributed by atoms with Gasteiger partial charge < -0.3 is 14.2 Å². The number of carbonyl (C=O) groups excluding carboxylic acids is 1. The monoisotopic (exact) mass is 397 g/mol. The van der Waals surface area contributed by atoms with Crippen LogP contribution in [0, 0.1) is 11.8 Å². The molecule has 2 heterocycles. The van der Waals surface area contributed by atoms with Crippen molar-refractivity contribution in [3.63, 3.8) is 0 Å². The molecule has 1 aromatic carbocycles. The van der Waals surface area contributed by atoms with E-state index in [1.54, 1.807) is 13.2 Å². The minimum absolute atomic E-state index is 0.0220. The number of benzene rings is 1. The van der Waals surface area contributed by atoms with Gasteiger partial charge in [-0.1, -0.05) is 24.6 Å². The van der Waals surface area contributed by atoms with E-state index in [-0.39, 0.29) is 18.6 Å². The number of allylic oxidation sites excluding steroid dienone is 4. The molecule has 2 aliphatic heterocycles. The Morgan fingerprint density at radius 1 is 1.38 bits per heavy atom. The van der Waals surface area contributed by atoms with E-state index < -0.39 is 0 Å². The molecule has 29 heavy (non-hydrogen) atoms. The summed E-state index contributed by atoms with van der Waals surface area (Å²) in [6.45, 7) is 5.58. The third-order valence-corrected chi connectivity index (χ3v) is 6.58. The number of nitrogens with zero attached hydrogens (tertiary/aromatic N) is 1. The summed E-state index contributed by atoms with van der Waals surface area (Å²) in [6, 6.07) is 2.03. The maximum atomic E-state index is 12.9. The SMILES string of the molecule is COc1c2c(cc3c1[C@H](CC(=O)/C=C/[C@H]1CC=C(C)C[C@@H]1C)N(C)CC3)OCO2. The van der Waals surface area contributed by atoms with Crippen molar-refractivity contribution < 1.29 is 19.0 Å². The summed E-state index contributed by atoms with van der Waals surface area (Å²) in [5, 5.41) is 0. The lowest BCUT2D eigenvalue weighted by molar-refractivity contribution is -0.115. The summed E-state index contributed by atoms with van der Waals surface area (Å²) in [6.07, 6.45) is 9.72. The second kappa shape index (κ2) is 8.23. The highest BCUT2D eigenvalue weighted by molar-refractivity contribution is 5.90. The number of fused-ring (bicyclic) bond motifs is 2. The second-order valence-corrected chi connectivity index (χ2v) is 8.62. The van der Waals surface area contributed by atoms with E-state index in [1.165, 1.54) is 11.1 Å². The molecule has 3 aliphatic rings. The van der Waals surface area contributed by atoms with Crippen LogP contribution in [0.3, 0.4) is 0 Å². The third-order valence-electron chi connectivity index (χ3n) is 6.58. The summed E-state index contributed by atoms with van der Waals surface area (Å²) in [7, 11) is 3.73. The Balaban J connectivity index is 1.55. The van der Waals surface area contributed by atoms with Gasteiger partial charge in [-0.15, -0.1) is 0 Å². The average Bonchev–Trinajstić information content (AvgIpc) is 3.16. The van der Waals surface area contributed by atoms with Gasteiger partial charge in [-0.05, 0) is 62.8 Å². The number of ether oxygens (including phenoxy) is 3. The Morgan fingerprint density at radius 2 is 2.21 bits per heavy atom. The van der Waals surface area contributed by atoms with E-state index in [1.807, 2.05) is 0 Å². The quantitative estimate of drug-likeness (QED) is 0.542. The maximum absolute atomic E-state index is 12.9. The number of methoxy groups -OCH3 is 1. The van der Waals surface area contributed by atoms with E-state index in [4.69, 9.17) is 14.2 Å². The highest BCUT2D eigenvalue weighted by Crippen LogP contribution is 2.50. The molecule has 0 amide bonds. The summed E-state index contributed by atoms with van der Waals surface area (Å²) in [5.74, 6) is 3.31. The van der Waals surface area contributed by atoms with Gasteiger partial charge in [0.1, 0.15) is 0 Å². The van der Waals surface area contributed by atoms with E-state index >= 15 is 0 Å². The van der Waals surface area contributed by atoms with Crippen LogP contribution in [0.15, 0.2) is 29.9 Å². The zero-order valence-corrected chi connectivity index (χ0v) is 17.9. The molecule has 0 N–H and O–H groups in total. The Kier molecular flexibility index (Phi) is 5.68. The molecule has 3 atom stereocenters. The number of likely N-dealkylation sites (N-methyl/N-ethyl adjacent to an activating group) is 1. The fraction of sp³-hybridized carbons (Fsp3) is 0.542. The Morgan fingerprint density at radius 3 is 2.97 bits per heavy atom. The molecule has 5 heteroatoms. The van der Waals surface area contributed by atoms with Crippen molar-refractivity contribution in [3.05, 3.63) is 41.0 Å². The Bertz CT molecular complexity index is 857. The van der Waals surface area contributed by atoms with Crippen LogP contribution in [0.4, 0.5) is 0 Å². The number of carbonyl (C=O) groups is 1. The van der Waals surface area contributed by atoms with Crippen LogP contribution in [-0.4, -0.2) is 38.2 Å². The van der Waals surface area contributed by atoms with E-state index in [9.17, 15) is 4.79 Å². The Hall–Kier alpha value is -2.27. The molecular formula is C24H31NO4. The topological polar surface area (TPSA) is 48.0 Å². The van der Waals surface area contributed by atoms with Crippen LogP contribution in [0.2, 0.25) is 0 Å². The molecule has 1 aliphatic carbocycles. The van der Waals surface area contributed by atoms with E-state index in [0.717, 1.165) is 37.1 Å². The summed E-state index contributed by atoms with van der Waals surface area (Å²) in [5.41, 5.74) is 3.71. The predicted molar refractivity (Wildman–Crippen MR) is 113 cm³/mol. The van der Waals surface area contributed by atoms with Crippen molar-refractivity contribution in [1.29, 1.82) is 0 Å². The molecule has 0 saturated carbocycles. The van der Waals surface area contributed by atoms with Gasteiger partial charge in [0.25, 0.3) is 0 Å². The van der Waals surface area contributed by atoms with Crippen LogP contribution in [0.25, 0.3) is 0 Å². The minimum Gasteiger partial charge on any atom is -0.492 e. The lowest BCUT2D eigenvalue weighted by Gasteiger charge is -2.35. The second-order valence-electron chi connectivity index (χ2n) is 8.62. The van der Waals surface area contributed by atoms with Crippen molar-refractivity contribution in [2.45, 2.75) is 45.6 Å². The third kappa shape index (κ3) is 3.93. The normalized spacial score (nSPS) is 26.3. The van der Waals surface area contributed by atoms with Crippen LogP contribution in [-0.2, 0) is 11.2 Å².